The van der Waals surface area contributed by atoms with Gasteiger partial charge in [-0.2, -0.15) is 0 Å². The molecule has 2 amide bonds. The first-order valence-electron chi connectivity index (χ1n) is 10.2. The number of benzene rings is 3. The van der Waals surface area contributed by atoms with Crippen molar-refractivity contribution in [2.75, 3.05) is 26.3 Å². The Bertz CT molecular complexity index is 1220. The lowest BCUT2D eigenvalue weighted by molar-refractivity contribution is 0.0303. The van der Waals surface area contributed by atoms with Crippen molar-refractivity contribution < 1.29 is 18.7 Å². The number of nitrogens with zero attached hydrogens (tertiary/aromatic N) is 1. The number of hydrogen-bond donors (Lipinski definition) is 1. The van der Waals surface area contributed by atoms with E-state index in [0.29, 0.717) is 49.4 Å². The van der Waals surface area contributed by atoms with Gasteiger partial charge in [0.05, 0.1) is 13.2 Å². The van der Waals surface area contributed by atoms with Gasteiger partial charge < -0.3 is 15.4 Å². The molecule has 5 rings (SSSR count). The van der Waals surface area contributed by atoms with Crippen molar-refractivity contribution in [3.8, 4) is 22.3 Å². The maximum atomic E-state index is 13.8. The number of rotatable bonds is 3. The normalized spacial score (nSPS) is 14.8. The van der Waals surface area contributed by atoms with E-state index in [2.05, 4.69) is 0 Å². The third kappa shape index (κ3) is 3.49. The standard InChI is InChI=1S/C25H21FN2O3/c26-19-3-1-2-15(11-19)17-12-21-20-5-4-16(25(30)28-6-8-31-9-7-28)10-18(20)14-22(21)23(13-17)24(27)29/h1-5,10-13H,6-9,14H2,(H2,27,29). The fraction of sp³-hybridized carbons (Fsp3) is 0.200. The van der Waals surface area contributed by atoms with Gasteiger partial charge in [0.2, 0.25) is 5.91 Å². The van der Waals surface area contributed by atoms with Gasteiger partial charge in [0.1, 0.15) is 5.82 Å². The molecule has 156 valence electrons. The number of carbonyl (C=O) groups excluding carboxylic acids is 2. The molecule has 1 heterocycles. The summed E-state index contributed by atoms with van der Waals surface area (Å²) >= 11 is 0. The highest BCUT2D eigenvalue weighted by molar-refractivity contribution is 6.01. The number of carbonyl (C=O) groups is 2. The summed E-state index contributed by atoms with van der Waals surface area (Å²) in [6.07, 6.45) is 0.524. The van der Waals surface area contributed by atoms with Crippen molar-refractivity contribution in [1.29, 1.82) is 0 Å². The third-order valence-electron chi connectivity index (χ3n) is 5.98. The molecule has 1 fully saturated rings. The van der Waals surface area contributed by atoms with E-state index in [-0.39, 0.29) is 11.7 Å². The van der Waals surface area contributed by atoms with Gasteiger partial charge in [0.15, 0.2) is 0 Å². The molecule has 31 heavy (non-hydrogen) atoms. The second-order valence-corrected chi connectivity index (χ2v) is 7.88. The first-order valence-corrected chi connectivity index (χ1v) is 10.2. The molecule has 0 unspecified atom stereocenters. The van der Waals surface area contributed by atoms with E-state index >= 15 is 0 Å². The van der Waals surface area contributed by atoms with Gasteiger partial charge in [-0.15, -0.1) is 0 Å². The Morgan fingerprint density at radius 1 is 0.935 bits per heavy atom. The minimum absolute atomic E-state index is 0.0161. The molecule has 2 N–H and O–H groups in total. The Kier molecular flexibility index (Phi) is 4.79. The molecular weight excluding hydrogens is 395 g/mol. The fourth-order valence-electron chi connectivity index (χ4n) is 4.43. The lowest BCUT2D eigenvalue weighted by Crippen LogP contribution is -2.40. The number of ether oxygens (including phenoxy) is 1. The summed E-state index contributed by atoms with van der Waals surface area (Å²) in [7, 11) is 0. The minimum Gasteiger partial charge on any atom is -0.378 e. The Morgan fingerprint density at radius 3 is 2.48 bits per heavy atom. The zero-order chi connectivity index (χ0) is 21.5. The lowest BCUT2D eigenvalue weighted by Gasteiger charge is -2.27. The number of halogens is 1. The van der Waals surface area contributed by atoms with Crippen LogP contribution >= 0.6 is 0 Å². The van der Waals surface area contributed by atoms with E-state index in [4.69, 9.17) is 10.5 Å². The number of nitrogens with two attached hydrogens (primary N) is 1. The zero-order valence-corrected chi connectivity index (χ0v) is 16.9. The van der Waals surface area contributed by atoms with E-state index in [1.165, 1.54) is 12.1 Å². The van der Waals surface area contributed by atoms with Crippen molar-refractivity contribution in [1.82, 2.24) is 4.90 Å². The highest BCUT2D eigenvalue weighted by Crippen LogP contribution is 2.41. The van der Waals surface area contributed by atoms with E-state index in [1.54, 1.807) is 23.1 Å². The van der Waals surface area contributed by atoms with Crippen LogP contribution in [0.3, 0.4) is 0 Å². The minimum atomic E-state index is -0.521. The summed E-state index contributed by atoms with van der Waals surface area (Å²) < 4.78 is 19.1. The maximum absolute atomic E-state index is 13.8. The first-order chi connectivity index (χ1) is 15.0. The molecule has 1 aliphatic carbocycles. The Hall–Kier alpha value is -3.51. The largest absolute Gasteiger partial charge is 0.378 e. The Morgan fingerprint density at radius 2 is 1.74 bits per heavy atom. The van der Waals surface area contributed by atoms with E-state index in [9.17, 15) is 14.0 Å². The predicted molar refractivity (Wildman–Crippen MR) is 115 cm³/mol. The van der Waals surface area contributed by atoms with Crippen molar-refractivity contribution in [2.24, 2.45) is 5.73 Å². The first kappa shape index (κ1) is 19.5. The van der Waals surface area contributed by atoms with E-state index in [0.717, 1.165) is 27.8 Å². The fourth-order valence-corrected chi connectivity index (χ4v) is 4.43. The lowest BCUT2D eigenvalue weighted by atomic mass is 9.94. The maximum Gasteiger partial charge on any atom is 0.254 e. The van der Waals surface area contributed by atoms with Gasteiger partial charge in [-0.25, -0.2) is 4.39 Å². The average Bonchev–Trinajstić information content (AvgIpc) is 3.16. The van der Waals surface area contributed by atoms with Crippen molar-refractivity contribution >= 4 is 11.8 Å². The van der Waals surface area contributed by atoms with Gasteiger partial charge in [0, 0.05) is 24.2 Å². The monoisotopic (exact) mass is 416 g/mol. The van der Waals surface area contributed by atoms with Gasteiger partial charge in [-0.3, -0.25) is 9.59 Å². The van der Waals surface area contributed by atoms with E-state index in [1.807, 2.05) is 24.3 Å². The third-order valence-corrected chi connectivity index (χ3v) is 5.98. The van der Waals surface area contributed by atoms with Crippen LogP contribution in [-0.4, -0.2) is 43.0 Å². The second-order valence-electron chi connectivity index (χ2n) is 7.88. The highest BCUT2D eigenvalue weighted by Gasteiger charge is 2.26. The molecule has 0 aromatic heterocycles. The van der Waals surface area contributed by atoms with Crippen LogP contribution in [0.15, 0.2) is 54.6 Å². The van der Waals surface area contributed by atoms with Crippen LogP contribution in [0.5, 0.6) is 0 Å². The average molecular weight is 416 g/mol. The van der Waals surface area contributed by atoms with Crippen LogP contribution in [-0.2, 0) is 11.2 Å². The van der Waals surface area contributed by atoms with Crippen molar-refractivity contribution in [2.45, 2.75) is 6.42 Å². The van der Waals surface area contributed by atoms with Crippen LogP contribution in [0, 0.1) is 5.82 Å². The molecule has 0 bridgehead atoms. The topological polar surface area (TPSA) is 72.6 Å². The number of morpholine rings is 1. The van der Waals surface area contributed by atoms with Crippen LogP contribution < -0.4 is 5.73 Å². The van der Waals surface area contributed by atoms with Crippen molar-refractivity contribution in [3.05, 3.63) is 82.7 Å². The molecule has 3 aromatic rings. The Balaban J connectivity index is 1.57. The van der Waals surface area contributed by atoms with Gasteiger partial charge in [0.25, 0.3) is 5.91 Å². The smallest absolute Gasteiger partial charge is 0.254 e. The van der Waals surface area contributed by atoms with Crippen LogP contribution in [0.1, 0.15) is 31.8 Å². The Labute approximate surface area is 179 Å². The van der Waals surface area contributed by atoms with Crippen LogP contribution in [0.4, 0.5) is 4.39 Å². The summed E-state index contributed by atoms with van der Waals surface area (Å²) in [4.78, 5) is 26.9. The summed E-state index contributed by atoms with van der Waals surface area (Å²) in [5.74, 6) is -0.880. The molecule has 0 atom stereocenters. The van der Waals surface area contributed by atoms with Gasteiger partial charge >= 0.3 is 0 Å². The quantitative estimate of drug-likeness (QED) is 0.554. The molecule has 0 radical (unpaired) electrons. The number of fused-ring (bicyclic) bond motifs is 3. The van der Waals surface area contributed by atoms with E-state index < -0.39 is 5.91 Å². The molecular formula is C25H21FN2O3. The number of hydrogen-bond acceptors (Lipinski definition) is 3. The highest BCUT2D eigenvalue weighted by atomic mass is 19.1. The van der Waals surface area contributed by atoms with Crippen molar-refractivity contribution in [3.63, 3.8) is 0 Å². The molecule has 2 aliphatic rings. The number of amides is 2. The molecule has 5 nitrogen and oxygen atoms in total. The zero-order valence-electron chi connectivity index (χ0n) is 16.9. The van der Waals surface area contributed by atoms with Gasteiger partial charge in [-0.1, -0.05) is 18.2 Å². The molecule has 0 saturated carbocycles. The number of primary amides is 1. The molecule has 0 spiro atoms. The SMILES string of the molecule is NC(=O)c1cc(-c2cccc(F)c2)cc2c1Cc1cc(C(=O)N3CCOCC3)ccc1-2. The predicted octanol–water partition coefficient (Wildman–Crippen LogP) is 3.64. The molecule has 6 heteroatoms. The summed E-state index contributed by atoms with van der Waals surface area (Å²) in [6.45, 7) is 2.26. The molecule has 1 aliphatic heterocycles. The van der Waals surface area contributed by atoms with Crippen LogP contribution in [0.25, 0.3) is 22.3 Å². The summed E-state index contributed by atoms with van der Waals surface area (Å²) in [5.41, 5.74) is 11.8. The summed E-state index contributed by atoms with van der Waals surface area (Å²) in [5, 5.41) is 0. The summed E-state index contributed by atoms with van der Waals surface area (Å²) in [6, 6.07) is 15.6. The molecule has 1 saturated heterocycles. The van der Waals surface area contributed by atoms with Gasteiger partial charge in [-0.05, 0) is 76.2 Å². The second kappa shape index (κ2) is 7.63. The van der Waals surface area contributed by atoms with Crippen LogP contribution in [0.2, 0.25) is 0 Å². The molecule has 3 aromatic carbocycles.